The minimum atomic E-state index is -0.730. The van der Waals surface area contributed by atoms with E-state index in [9.17, 15) is 14.4 Å². The highest BCUT2D eigenvalue weighted by atomic mass is 16.5. The zero-order valence-corrected chi connectivity index (χ0v) is 14.9. The van der Waals surface area contributed by atoms with Crippen LogP contribution >= 0.6 is 0 Å². The predicted octanol–water partition coefficient (Wildman–Crippen LogP) is 2.15. The lowest BCUT2D eigenvalue weighted by Crippen LogP contribution is -2.41. The normalized spacial score (nSPS) is 17.1. The van der Waals surface area contributed by atoms with Crippen molar-refractivity contribution in [1.82, 2.24) is 5.32 Å². The van der Waals surface area contributed by atoms with Crippen LogP contribution in [0.3, 0.4) is 0 Å². The van der Waals surface area contributed by atoms with Crippen molar-refractivity contribution < 1.29 is 23.5 Å². The Morgan fingerprint density at radius 2 is 1.78 bits per heavy atom. The van der Waals surface area contributed by atoms with Gasteiger partial charge in [-0.2, -0.15) is 0 Å². The number of carbonyl (C=O) groups is 3. The first kappa shape index (κ1) is 18.7. The van der Waals surface area contributed by atoms with Gasteiger partial charge in [0.25, 0.3) is 11.8 Å². The van der Waals surface area contributed by atoms with Crippen LogP contribution in [0.5, 0.6) is 0 Å². The minimum absolute atomic E-state index is 0.167. The number of rotatable bonds is 6. The second-order valence-corrected chi connectivity index (χ2v) is 6.26. The fourth-order valence-corrected chi connectivity index (χ4v) is 2.63. The SMILES string of the molecule is C[C@@H](NC(=O)c1ccoc1)C(=O)Nc1ccc(NC(=O)[C@H]2CCCO2)cc1. The number of benzene rings is 1. The van der Waals surface area contributed by atoms with Gasteiger partial charge in [-0.05, 0) is 50.1 Å². The smallest absolute Gasteiger partial charge is 0.255 e. The van der Waals surface area contributed by atoms with Crippen molar-refractivity contribution in [1.29, 1.82) is 0 Å². The van der Waals surface area contributed by atoms with E-state index in [1.165, 1.54) is 18.6 Å². The molecule has 8 heteroatoms. The van der Waals surface area contributed by atoms with Crippen LogP contribution in [-0.4, -0.2) is 36.5 Å². The van der Waals surface area contributed by atoms with E-state index in [0.29, 0.717) is 23.5 Å². The molecule has 1 saturated heterocycles. The molecule has 0 aliphatic carbocycles. The molecule has 142 valence electrons. The molecule has 1 aliphatic rings. The van der Waals surface area contributed by atoms with Gasteiger partial charge in [-0.25, -0.2) is 0 Å². The van der Waals surface area contributed by atoms with Crippen molar-refractivity contribution in [2.75, 3.05) is 17.2 Å². The number of ether oxygens (including phenoxy) is 1. The first-order valence-electron chi connectivity index (χ1n) is 8.69. The lowest BCUT2D eigenvalue weighted by molar-refractivity contribution is -0.124. The van der Waals surface area contributed by atoms with Crippen molar-refractivity contribution in [2.24, 2.45) is 0 Å². The molecule has 2 heterocycles. The number of furan rings is 1. The Kier molecular flexibility index (Phi) is 5.87. The number of carbonyl (C=O) groups excluding carboxylic acids is 3. The first-order chi connectivity index (χ1) is 13.0. The van der Waals surface area contributed by atoms with Crippen molar-refractivity contribution in [3.05, 3.63) is 48.4 Å². The van der Waals surface area contributed by atoms with Gasteiger partial charge in [-0.3, -0.25) is 14.4 Å². The molecule has 1 aromatic heterocycles. The van der Waals surface area contributed by atoms with Crippen molar-refractivity contribution in [3.63, 3.8) is 0 Å². The standard InChI is InChI=1S/C19H21N3O5/c1-12(20-18(24)13-8-10-26-11-13)17(23)21-14-4-6-15(7-5-14)22-19(25)16-3-2-9-27-16/h4-8,10-12,16H,2-3,9H2,1H3,(H,20,24)(H,21,23)(H,22,25)/t12-,16-/m1/s1. The third-order valence-corrected chi connectivity index (χ3v) is 4.17. The van der Waals surface area contributed by atoms with E-state index >= 15 is 0 Å². The van der Waals surface area contributed by atoms with Gasteiger partial charge in [0.1, 0.15) is 18.4 Å². The minimum Gasteiger partial charge on any atom is -0.472 e. The highest BCUT2D eigenvalue weighted by Crippen LogP contribution is 2.17. The summed E-state index contributed by atoms with van der Waals surface area (Å²) in [6, 6.07) is 7.52. The number of amides is 3. The highest BCUT2D eigenvalue weighted by Gasteiger charge is 2.23. The second-order valence-electron chi connectivity index (χ2n) is 6.26. The Balaban J connectivity index is 1.50. The fraction of sp³-hybridized carbons (Fsp3) is 0.316. The van der Waals surface area contributed by atoms with E-state index in [0.717, 1.165) is 12.8 Å². The molecule has 1 fully saturated rings. The molecule has 1 aromatic carbocycles. The van der Waals surface area contributed by atoms with E-state index < -0.39 is 18.1 Å². The molecule has 0 radical (unpaired) electrons. The van der Waals surface area contributed by atoms with Gasteiger partial charge in [0.15, 0.2) is 0 Å². The van der Waals surface area contributed by atoms with E-state index in [2.05, 4.69) is 16.0 Å². The van der Waals surface area contributed by atoms with E-state index in [4.69, 9.17) is 9.15 Å². The summed E-state index contributed by atoms with van der Waals surface area (Å²) in [5.41, 5.74) is 1.52. The second kappa shape index (κ2) is 8.50. The molecule has 3 rings (SSSR count). The van der Waals surface area contributed by atoms with Gasteiger partial charge in [0, 0.05) is 18.0 Å². The summed E-state index contributed by atoms with van der Waals surface area (Å²) in [5.74, 6) is -0.915. The van der Waals surface area contributed by atoms with Crippen LogP contribution in [-0.2, 0) is 14.3 Å². The third kappa shape index (κ3) is 4.95. The Labute approximate surface area is 156 Å². The maximum absolute atomic E-state index is 12.2. The number of anilines is 2. The van der Waals surface area contributed by atoms with Crippen LogP contribution in [0.2, 0.25) is 0 Å². The Morgan fingerprint density at radius 3 is 2.37 bits per heavy atom. The van der Waals surface area contributed by atoms with Gasteiger partial charge in [0.05, 0.1) is 11.8 Å². The first-order valence-corrected chi connectivity index (χ1v) is 8.69. The Morgan fingerprint density at radius 1 is 1.07 bits per heavy atom. The number of hydrogen-bond acceptors (Lipinski definition) is 5. The molecule has 0 bridgehead atoms. The summed E-state index contributed by atoms with van der Waals surface area (Å²) >= 11 is 0. The van der Waals surface area contributed by atoms with Gasteiger partial charge >= 0.3 is 0 Å². The van der Waals surface area contributed by atoms with Gasteiger partial charge in [-0.1, -0.05) is 0 Å². The van der Waals surface area contributed by atoms with Gasteiger partial charge in [-0.15, -0.1) is 0 Å². The zero-order chi connectivity index (χ0) is 19.2. The monoisotopic (exact) mass is 371 g/mol. The van der Waals surface area contributed by atoms with Crippen molar-refractivity contribution >= 4 is 29.1 Å². The highest BCUT2D eigenvalue weighted by molar-refractivity contribution is 6.01. The summed E-state index contributed by atoms with van der Waals surface area (Å²) in [7, 11) is 0. The van der Waals surface area contributed by atoms with E-state index in [1.54, 1.807) is 31.2 Å². The molecule has 1 aliphatic heterocycles. The molecule has 2 aromatic rings. The molecule has 3 amide bonds. The molecule has 27 heavy (non-hydrogen) atoms. The maximum Gasteiger partial charge on any atom is 0.255 e. The summed E-state index contributed by atoms with van der Waals surface area (Å²) < 4.78 is 10.2. The quantitative estimate of drug-likeness (QED) is 0.721. The third-order valence-electron chi connectivity index (χ3n) is 4.17. The van der Waals surface area contributed by atoms with Gasteiger partial charge in [0.2, 0.25) is 5.91 Å². The molecule has 2 atom stereocenters. The zero-order valence-electron chi connectivity index (χ0n) is 14.9. The molecule has 0 spiro atoms. The van der Waals surface area contributed by atoms with Crippen LogP contribution in [0.1, 0.15) is 30.1 Å². The lowest BCUT2D eigenvalue weighted by Gasteiger charge is -2.14. The summed E-state index contributed by atoms with van der Waals surface area (Å²) in [5, 5.41) is 8.09. The Hall–Kier alpha value is -3.13. The van der Waals surface area contributed by atoms with Gasteiger partial charge < -0.3 is 25.1 Å². The van der Waals surface area contributed by atoms with Crippen LogP contribution in [0.25, 0.3) is 0 Å². The summed E-state index contributed by atoms with van der Waals surface area (Å²) in [4.78, 5) is 36.2. The van der Waals surface area contributed by atoms with Crippen molar-refractivity contribution in [2.45, 2.75) is 31.9 Å². The number of nitrogens with one attached hydrogen (secondary N) is 3. The van der Waals surface area contributed by atoms with E-state index in [-0.39, 0.29) is 11.8 Å². The van der Waals surface area contributed by atoms with Crippen LogP contribution in [0.15, 0.2) is 47.3 Å². The molecule has 3 N–H and O–H groups in total. The van der Waals surface area contributed by atoms with E-state index in [1.807, 2.05) is 0 Å². The fourth-order valence-electron chi connectivity index (χ4n) is 2.63. The molecule has 0 saturated carbocycles. The Bertz CT molecular complexity index is 795. The molecular weight excluding hydrogens is 350 g/mol. The molecule has 0 unspecified atom stereocenters. The molecular formula is C19H21N3O5. The molecule has 8 nitrogen and oxygen atoms in total. The number of hydrogen-bond donors (Lipinski definition) is 3. The largest absolute Gasteiger partial charge is 0.472 e. The average Bonchev–Trinajstić information content (AvgIpc) is 3.37. The van der Waals surface area contributed by atoms with Crippen molar-refractivity contribution in [3.8, 4) is 0 Å². The summed E-state index contributed by atoms with van der Waals surface area (Å²) in [6.45, 7) is 2.20. The summed E-state index contributed by atoms with van der Waals surface area (Å²) in [6.07, 6.45) is 3.91. The predicted molar refractivity (Wildman–Crippen MR) is 98.3 cm³/mol. The van der Waals surface area contributed by atoms with Crippen LogP contribution in [0, 0.1) is 0 Å². The topological polar surface area (TPSA) is 110 Å². The lowest BCUT2D eigenvalue weighted by atomic mass is 10.2. The maximum atomic E-state index is 12.2. The average molecular weight is 371 g/mol. The van der Waals surface area contributed by atoms with Crippen LogP contribution < -0.4 is 16.0 Å². The van der Waals surface area contributed by atoms with Crippen LogP contribution in [0.4, 0.5) is 11.4 Å².